The minimum atomic E-state index is 0.246. The Bertz CT molecular complexity index is 442. The SMILES string of the molecule is CNC1CCN(C(=O)Cc2ccc(C)c(C)c2)C1. The predicted octanol–water partition coefficient (Wildman–Crippen LogP) is 1.67. The maximum Gasteiger partial charge on any atom is 0.227 e. The van der Waals surface area contributed by atoms with Crippen LogP contribution in [-0.2, 0) is 11.2 Å². The van der Waals surface area contributed by atoms with E-state index in [1.165, 1.54) is 11.1 Å². The molecule has 18 heavy (non-hydrogen) atoms. The molecule has 0 spiro atoms. The van der Waals surface area contributed by atoms with Crippen molar-refractivity contribution in [3.63, 3.8) is 0 Å². The molecule has 0 radical (unpaired) electrons. The Kier molecular flexibility index (Phi) is 4.02. The Hall–Kier alpha value is -1.35. The first kappa shape index (κ1) is 13.1. The van der Waals surface area contributed by atoms with Crippen molar-refractivity contribution in [2.24, 2.45) is 0 Å². The van der Waals surface area contributed by atoms with Crippen molar-refractivity contribution in [1.29, 1.82) is 0 Å². The number of rotatable bonds is 3. The minimum Gasteiger partial charge on any atom is -0.341 e. The number of carbonyl (C=O) groups excluding carboxylic acids is 1. The monoisotopic (exact) mass is 246 g/mol. The van der Waals surface area contributed by atoms with Crippen LogP contribution < -0.4 is 5.32 Å². The van der Waals surface area contributed by atoms with Crippen molar-refractivity contribution < 1.29 is 4.79 Å². The Labute approximate surface area is 109 Å². The summed E-state index contributed by atoms with van der Waals surface area (Å²) in [5.74, 6) is 0.246. The number of benzene rings is 1. The van der Waals surface area contributed by atoms with Gasteiger partial charge in [-0.15, -0.1) is 0 Å². The number of nitrogens with zero attached hydrogens (tertiary/aromatic N) is 1. The van der Waals surface area contributed by atoms with Crippen LogP contribution in [0, 0.1) is 13.8 Å². The van der Waals surface area contributed by atoms with E-state index in [2.05, 4.69) is 37.4 Å². The topological polar surface area (TPSA) is 32.3 Å². The Balaban J connectivity index is 1.97. The van der Waals surface area contributed by atoms with E-state index in [-0.39, 0.29) is 5.91 Å². The molecule has 1 heterocycles. The second-order valence-corrected chi connectivity index (χ2v) is 5.21. The molecule has 1 aliphatic heterocycles. The quantitative estimate of drug-likeness (QED) is 0.880. The predicted molar refractivity (Wildman–Crippen MR) is 73.7 cm³/mol. The molecular formula is C15H22N2O. The van der Waals surface area contributed by atoms with E-state index in [9.17, 15) is 4.79 Å². The van der Waals surface area contributed by atoms with Gasteiger partial charge in [0.1, 0.15) is 0 Å². The summed E-state index contributed by atoms with van der Waals surface area (Å²) in [6.45, 7) is 5.92. The fraction of sp³-hybridized carbons (Fsp3) is 0.533. The molecule has 1 aliphatic rings. The molecule has 1 N–H and O–H groups in total. The van der Waals surface area contributed by atoms with Crippen LogP contribution in [-0.4, -0.2) is 37.0 Å². The highest BCUT2D eigenvalue weighted by molar-refractivity contribution is 5.79. The zero-order valence-corrected chi connectivity index (χ0v) is 11.5. The zero-order chi connectivity index (χ0) is 13.1. The van der Waals surface area contributed by atoms with Crippen molar-refractivity contribution in [3.8, 4) is 0 Å². The highest BCUT2D eigenvalue weighted by atomic mass is 16.2. The summed E-state index contributed by atoms with van der Waals surface area (Å²) in [5, 5.41) is 3.24. The van der Waals surface area contributed by atoms with Crippen LogP contribution in [0.3, 0.4) is 0 Å². The molecule has 0 aromatic heterocycles. The van der Waals surface area contributed by atoms with Crippen LogP contribution in [0.5, 0.6) is 0 Å². The van der Waals surface area contributed by atoms with Crippen molar-refractivity contribution >= 4 is 5.91 Å². The van der Waals surface area contributed by atoms with E-state index in [0.717, 1.165) is 25.1 Å². The first-order valence-corrected chi connectivity index (χ1v) is 6.61. The minimum absolute atomic E-state index is 0.246. The largest absolute Gasteiger partial charge is 0.341 e. The lowest BCUT2D eigenvalue weighted by atomic mass is 10.0. The normalized spacial score (nSPS) is 19.3. The Morgan fingerprint density at radius 2 is 2.17 bits per heavy atom. The van der Waals surface area contributed by atoms with E-state index in [1.807, 2.05) is 11.9 Å². The molecule has 0 aliphatic carbocycles. The fourth-order valence-corrected chi connectivity index (χ4v) is 2.42. The van der Waals surface area contributed by atoms with Gasteiger partial charge in [-0.25, -0.2) is 0 Å². The first-order valence-electron chi connectivity index (χ1n) is 6.61. The van der Waals surface area contributed by atoms with Crippen LogP contribution in [0.1, 0.15) is 23.1 Å². The van der Waals surface area contributed by atoms with Crippen LogP contribution in [0.25, 0.3) is 0 Å². The van der Waals surface area contributed by atoms with Gasteiger partial charge in [0.15, 0.2) is 0 Å². The number of nitrogens with one attached hydrogen (secondary N) is 1. The molecule has 1 amide bonds. The van der Waals surface area contributed by atoms with Gasteiger partial charge < -0.3 is 10.2 Å². The van der Waals surface area contributed by atoms with Gasteiger partial charge in [-0.1, -0.05) is 18.2 Å². The number of carbonyl (C=O) groups is 1. The molecule has 2 rings (SSSR count). The highest BCUT2D eigenvalue weighted by Crippen LogP contribution is 2.14. The number of amides is 1. The van der Waals surface area contributed by atoms with Gasteiger partial charge in [-0.3, -0.25) is 4.79 Å². The first-order chi connectivity index (χ1) is 8.60. The molecule has 3 nitrogen and oxygen atoms in total. The van der Waals surface area contributed by atoms with Gasteiger partial charge in [-0.2, -0.15) is 0 Å². The van der Waals surface area contributed by atoms with E-state index >= 15 is 0 Å². The second kappa shape index (κ2) is 5.53. The number of hydrogen-bond donors (Lipinski definition) is 1. The summed E-state index contributed by atoms with van der Waals surface area (Å²) in [6.07, 6.45) is 1.59. The van der Waals surface area contributed by atoms with Crippen LogP contribution >= 0.6 is 0 Å². The Morgan fingerprint density at radius 3 is 2.78 bits per heavy atom. The third-order valence-corrected chi connectivity index (χ3v) is 3.88. The summed E-state index contributed by atoms with van der Waals surface area (Å²) in [7, 11) is 1.96. The summed E-state index contributed by atoms with van der Waals surface area (Å²) in [5.41, 5.74) is 3.66. The zero-order valence-electron chi connectivity index (χ0n) is 11.5. The summed E-state index contributed by atoms with van der Waals surface area (Å²) in [6, 6.07) is 6.75. The lowest BCUT2D eigenvalue weighted by Crippen LogP contribution is -2.34. The van der Waals surface area contributed by atoms with Crippen molar-refractivity contribution in [2.45, 2.75) is 32.7 Å². The van der Waals surface area contributed by atoms with E-state index in [4.69, 9.17) is 0 Å². The number of aryl methyl sites for hydroxylation is 2. The summed E-state index contributed by atoms with van der Waals surface area (Å²) >= 11 is 0. The number of likely N-dealkylation sites (N-methyl/N-ethyl adjacent to an activating group) is 1. The third-order valence-electron chi connectivity index (χ3n) is 3.88. The van der Waals surface area contributed by atoms with Crippen LogP contribution in [0.15, 0.2) is 18.2 Å². The van der Waals surface area contributed by atoms with E-state index in [1.54, 1.807) is 0 Å². The molecule has 1 unspecified atom stereocenters. The highest BCUT2D eigenvalue weighted by Gasteiger charge is 2.24. The maximum absolute atomic E-state index is 12.2. The average molecular weight is 246 g/mol. The third kappa shape index (κ3) is 2.91. The summed E-state index contributed by atoms with van der Waals surface area (Å²) in [4.78, 5) is 14.1. The second-order valence-electron chi connectivity index (χ2n) is 5.21. The standard InChI is InChI=1S/C15H22N2O/c1-11-4-5-13(8-12(11)2)9-15(18)17-7-6-14(10-17)16-3/h4-5,8,14,16H,6-7,9-10H2,1-3H3. The maximum atomic E-state index is 12.2. The number of likely N-dealkylation sites (tertiary alicyclic amines) is 1. The molecule has 0 bridgehead atoms. The molecule has 1 saturated heterocycles. The summed E-state index contributed by atoms with van der Waals surface area (Å²) < 4.78 is 0. The molecule has 98 valence electrons. The molecular weight excluding hydrogens is 224 g/mol. The van der Waals surface area contributed by atoms with E-state index < -0.39 is 0 Å². The van der Waals surface area contributed by atoms with Gasteiger partial charge in [0.05, 0.1) is 6.42 Å². The molecule has 1 atom stereocenters. The van der Waals surface area contributed by atoms with Gasteiger partial charge in [0.2, 0.25) is 5.91 Å². The smallest absolute Gasteiger partial charge is 0.227 e. The van der Waals surface area contributed by atoms with Gasteiger partial charge >= 0.3 is 0 Å². The van der Waals surface area contributed by atoms with Gasteiger partial charge in [-0.05, 0) is 44.0 Å². The Morgan fingerprint density at radius 1 is 1.39 bits per heavy atom. The molecule has 3 heteroatoms. The van der Waals surface area contributed by atoms with E-state index in [0.29, 0.717) is 12.5 Å². The molecule has 0 saturated carbocycles. The number of hydrogen-bond acceptors (Lipinski definition) is 2. The van der Waals surface area contributed by atoms with Gasteiger partial charge in [0, 0.05) is 19.1 Å². The lowest BCUT2D eigenvalue weighted by molar-refractivity contribution is -0.129. The molecule has 1 aromatic rings. The van der Waals surface area contributed by atoms with Crippen molar-refractivity contribution in [2.75, 3.05) is 20.1 Å². The fourth-order valence-electron chi connectivity index (χ4n) is 2.42. The average Bonchev–Trinajstić information content (AvgIpc) is 2.82. The van der Waals surface area contributed by atoms with Crippen molar-refractivity contribution in [3.05, 3.63) is 34.9 Å². The molecule has 1 fully saturated rings. The van der Waals surface area contributed by atoms with Crippen LogP contribution in [0.4, 0.5) is 0 Å². The van der Waals surface area contributed by atoms with Crippen LogP contribution in [0.2, 0.25) is 0 Å². The van der Waals surface area contributed by atoms with Crippen molar-refractivity contribution in [1.82, 2.24) is 10.2 Å². The molecule has 1 aromatic carbocycles. The lowest BCUT2D eigenvalue weighted by Gasteiger charge is -2.16. The van der Waals surface area contributed by atoms with Gasteiger partial charge in [0.25, 0.3) is 0 Å².